The second-order valence-electron chi connectivity index (χ2n) is 8.30. The van der Waals surface area contributed by atoms with E-state index in [-0.39, 0.29) is 30.1 Å². The Hall–Kier alpha value is -2.41. The second-order valence-corrected chi connectivity index (χ2v) is 9.39. The van der Waals surface area contributed by atoms with Crippen LogP contribution in [0.3, 0.4) is 0 Å². The molecule has 32 heavy (non-hydrogen) atoms. The Kier molecular flexibility index (Phi) is 7.13. The van der Waals surface area contributed by atoms with Crippen LogP contribution in [0.5, 0.6) is 5.75 Å². The number of carbonyl (C=O) groups is 1. The fraction of sp³-hybridized carbons (Fsp3) is 0.320. The van der Waals surface area contributed by atoms with Gasteiger partial charge in [-0.2, -0.15) is 0 Å². The molecule has 0 unspecified atom stereocenters. The van der Waals surface area contributed by atoms with Crippen LogP contribution in [-0.2, 0) is 6.61 Å². The van der Waals surface area contributed by atoms with Crippen LogP contribution in [0.15, 0.2) is 60.7 Å². The van der Waals surface area contributed by atoms with Gasteiger partial charge in [-0.1, -0.05) is 30.3 Å². The highest BCUT2D eigenvalue weighted by Gasteiger charge is 2.35. The molecule has 3 fully saturated rings. The average molecular weight is 473 g/mol. The molecule has 1 atom stereocenters. The van der Waals surface area contributed by atoms with E-state index in [2.05, 4.69) is 10.2 Å². The van der Waals surface area contributed by atoms with Gasteiger partial charge in [0.25, 0.3) is 5.91 Å². The Morgan fingerprint density at radius 1 is 1.09 bits per heavy atom. The molecule has 3 saturated heterocycles. The maximum Gasteiger partial charge on any atom is 0.261 e. The summed E-state index contributed by atoms with van der Waals surface area (Å²) >= 11 is 1.39. The Labute approximate surface area is 197 Å². The quantitative estimate of drug-likeness (QED) is 0.523. The first-order valence-electron chi connectivity index (χ1n) is 10.8. The number of piperidine rings is 3. The number of halogens is 2. The van der Waals surface area contributed by atoms with Gasteiger partial charge in [-0.05, 0) is 73.3 Å². The summed E-state index contributed by atoms with van der Waals surface area (Å²) in [5.74, 6) is 0.383. The van der Waals surface area contributed by atoms with Gasteiger partial charge >= 0.3 is 0 Å². The van der Waals surface area contributed by atoms with Crippen LogP contribution in [0.4, 0.5) is 4.39 Å². The van der Waals surface area contributed by atoms with Crippen molar-refractivity contribution in [1.82, 2.24) is 10.2 Å². The molecule has 1 N–H and O–H groups in total. The van der Waals surface area contributed by atoms with Crippen molar-refractivity contribution in [3.63, 3.8) is 0 Å². The average Bonchev–Trinajstić information content (AvgIpc) is 3.30. The van der Waals surface area contributed by atoms with E-state index in [1.807, 2.05) is 48.5 Å². The largest absolute Gasteiger partial charge is 0.486 e. The third kappa shape index (κ3) is 4.98. The number of thiophene rings is 1. The van der Waals surface area contributed by atoms with Crippen LogP contribution in [-0.4, -0.2) is 36.5 Å². The van der Waals surface area contributed by atoms with Crippen molar-refractivity contribution in [3.8, 4) is 16.2 Å². The van der Waals surface area contributed by atoms with Gasteiger partial charge in [-0.3, -0.25) is 4.79 Å². The van der Waals surface area contributed by atoms with Gasteiger partial charge in [0.2, 0.25) is 0 Å². The van der Waals surface area contributed by atoms with E-state index >= 15 is 0 Å². The number of rotatable bonds is 6. The lowest BCUT2D eigenvalue weighted by Gasteiger charge is -2.44. The third-order valence-electron chi connectivity index (χ3n) is 6.26. The Morgan fingerprint density at radius 3 is 2.56 bits per heavy atom. The monoisotopic (exact) mass is 472 g/mol. The predicted octanol–water partition coefficient (Wildman–Crippen LogP) is 5.38. The first-order chi connectivity index (χ1) is 15.2. The van der Waals surface area contributed by atoms with Gasteiger partial charge in [0, 0.05) is 17.5 Å². The molecule has 168 valence electrons. The minimum absolute atomic E-state index is 0. The minimum Gasteiger partial charge on any atom is -0.486 e. The van der Waals surface area contributed by atoms with Crippen LogP contribution in [0.2, 0.25) is 0 Å². The summed E-state index contributed by atoms with van der Waals surface area (Å²) in [5, 5.41) is 3.22. The number of carbonyl (C=O) groups excluding carboxylic acids is 1. The van der Waals surface area contributed by atoms with Crippen molar-refractivity contribution in [2.45, 2.75) is 25.5 Å². The predicted molar refractivity (Wildman–Crippen MR) is 128 cm³/mol. The SMILES string of the molecule is Cl.O=C(N[C@H]1CN2CCC1CC2)c1ccc(-c2ccc(OCc3ccccc3)c(F)c2)s1. The summed E-state index contributed by atoms with van der Waals surface area (Å²) in [4.78, 5) is 16.7. The van der Waals surface area contributed by atoms with E-state index in [4.69, 9.17) is 4.74 Å². The lowest BCUT2D eigenvalue weighted by Crippen LogP contribution is -2.57. The molecule has 3 aliphatic heterocycles. The van der Waals surface area contributed by atoms with Crippen LogP contribution in [0.25, 0.3) is 10.4 Å². The van der Waals surface area contributed by atoms with Crippen LogP contribution in [0, 0.1) is 11.7 Å². The molecule has 0 saturated carbocycles. The van der Waals surface area contributed by atoms with E-state index in [0.717, 1.165) is 35.6 Å². The molecule has 4 nitrogen and oxygen atoms in total. The summed E-state index contributed by atoms with van der Waals surface area (Å²) in [7, 11) is 0. The highest BCUT2D eigenvalue weighted by molar-refractivity contribution is 7.17. The zero-order valence-electron chi connectivity index (χ0n) is 17.6. The summed E-state index contributed by atoms with van der Waals surface area (Å²) < 4.78 is 20.2. The molecule has 3 aromatic rings. The number of amides is 1. The summed E-state index contributed by atoms with van der Waals surface area (Å²) in [5.41, 5.74) is 1.74. The van der Waals surface area contributed by atoms with E-state index < -0.39 is 5.82 Å². The molecule has 1 aromatic heterocycles. The van der Waals surface area contributed by atoms with Gasteiger partial charge in [-0.15, -0.1) is 23.7 Å². The van der Waals surface area contributed by atoms with Crippen LogP contribution < -0.4 is 10.1 Å². The molecular weight excluding hydrogens is 447 g/mol. The lowest BCUT2D eigenvalue weighted by molar-refractivity contribution is 0.0622. The number of hydrogen-bond acceptors (Lipinski definition) is 4. The van der Waals surface area contributed by atoms with Gasteiger partial charge in [0.1, 0.15) is 6.61 Å². The van der Waals surface area contributed by atoms with Crippen molar-refractivity contribution in [2.24, 2.45) is 5.92 Å². The van der Waals surface area contributed by atoms with Crippen molar-refractivity contribution < 1.29 is 13.9 Å². The maximum atomic E-state index is 14.6. The Bertz CT molecular complexity index is 1070. The van der Waals surface area contributed by atoms with Crippen LogP contribution >= 0.6 is 23.7 Å². The number of nitrogens with zero attached hydrogens (tertiary/aromatic N) is 1. The van der Waals surface area contributed by atoms with Crippen molar-refractivity contribution in [3.05, 3.63) is 76.9 Å². The first-order valence-corrected chi connectivity index (χ1v) is 11.6. The van der Waals surface area contributed by atoms with E-state index in [1.54, 1.807) is 6.07 Å². The molecule has 3 aliphatic rings. The smallest absolute Gasteiger partial charge is 0.261 e. The Balaban J connectivity index is 0.00000245. The first kappa shape index (κ1) is 22.8. The topological polar surface area (TPSA) is 41.6 Å². The summed E-state index contributed by atoms with van der Waals surface area (Å²) in [6, 6.07) is 18.6. The molecule has 2 bridgehead atoms. The highest BCUT2D eigenvalue weighted by Crippen LogP contribution is 2.32. The standard InChI is InChI=1S/C25H25FN2O2S.ClH/c26-20-14-19(6-7-22(20)30-16-17-4-2-1-3-5-17)23-8-9-24(31-23)25(29)27-21-15-28-12-10-18(21)11-13-28;/h1-9,14,18,21H,10-13,15-16H2,(H,27,29);1H/t21-;/m0./s1. The normalized spacial score (nSPS) is 21.6. The second kappa shape index (κ2) is 10.0. The van der Waals surface area contributed by atoms with Gasteiger partial charge in [0.05, 0.1) is 4.88 Å². The molecular formula is C25H26ClFN2O2S. The lowest BCUT2D eigenvalue weighted by atomic mass is 9.84. The fourth-order valence-corrected chi connectivity index (χ4v) is 5.40. The van der Waals surface area contributed by atoms with Crippen molar-refractivity contribution in [2.75, 3.05) is 19.6 Å². The van der Waals surface area contributed by atoms with Gasteiger partial charge in [-0.25, -0.2) is 4.39 Å². The minimum atomic E-state index is -0.403. The highest BCUT2D eigenvalue weighted by atomic mass is 35.5. The van der Waals surface area contributed by atoms with Crippen molar-refractivity contribution in [1.29, 1.82) is 0 Å². The summed E-state index contributed by atoms with van der Waals surface area (Å²) in [6.45, 7) is 3.57. The molecule has 0 aliphatic carbocycles. The number of ether oxygens (including phenoxy) is 1. The molecule has 2 aromatic carbocycles. The zero-order valence-corrected chi connectivity index (χ0v) is 19.3. The molecule has 1 amide bonds. The molecule has 0 radical (unpaired) electrons. The third-order valence-corrected chi connectivity index (χ3v) is 7.39. The zero-order chi connectivity index (χ0) is 21.2. The van der Waals surface area contributed by atoms with E-state index in [9.17, 15) is 9.18 Å². The molecule has 0 spiro atoms. The number of hydrogen-bond donors (Lipinski definition) is 1. The number of benzene rings is 2. The van der Waals surface area contributed by atoms with E-state index in [1.165, 1.54) is 30.2 Å². The fourth-order valence-electron chi connectivity index (χ4n) is 4.49. The maximum absolute atomic E-state index is 14.6. The molecule has 6 rings (SSSR count). The van der Waals surface area contributed by atoms with Gasteiger partial charge in [0.15, 0.2) is 11.6 Å². The van der Waals surface area contributed by atoms with Crippen LogP contribution in [0.1, 0.15) is 28.1 Å². The van der Waals surface area contributed by atoms with Gasteiger partial charge < -0.3 is 15.0 Å². The summed E-state index contributed by atoms with van der Waals surface area (Å²) in [6.07, 6.45) is 2.33. The molecule has 7 heteroatoms. The van der Waals surface area contributed by atoms with E-state index in [0.29, 0.717) is 17.4 Å². The Morgan fingerprint density at radius 2 is 1.88 bits per heavy atom. The molecule has 4 heterocycles. The number of fused-ring (bicyclic) bond motifs is 3. The van der Waals surface area contributed by atoms with Crippen molar-refractivity contribution >= 4 is 29.7 Å². The number of nitrogens with one attached hydrogen (secondary N) is 1.